The van der Waals surface area contributed by atoms with Crippen LogP contribution in [0.5, 0.6) is 0 Å². The van der Waals surface area contributed by atoms with Crippen LogP contribution in [0.15, 0.2) is 53.9 Å². The molecule has 1 N–H and O–H groups in total. The van der Waals surface area contributed by atoms with Crippen LogP contribution in [0.3, 0.4) is 0 Å². The molecule has 0 aliphatic rings. The zero-order valence-electron chi connectivity index (χ0n) is 12.8. The van der Waals surface area contributed by atoms with Crippen LogP contribution in [0.1, 0.15) is 16.7 Å². The molecule has 0 bridgehead atoms. The monoisotopic (exact) mass is 395 g/mol. The summed E-state index contributed by atoms with van der Waals surface area (Å²) in [6.07, 6.45) is -8.98. The third kappa shape index (κ3) is 5.51. The molecule has 140 valence electrons. The van der Waals surface area contributed by atoms with Crippen LogP contribution in [0.2, 0.25) is 0 Å². The van der Waals surface area contributed by atoms with Crippen molar-refractivity contribution in [1.82, 2.24) is 0 Å². The van der Waals surface area contributed by atoms with Gasteiger partial charge >= 0.3 is 12.4 Å². The Morgan fingerprint density at radius 1 is 0.808 bits per heavy atom. The molecule has 2 aromatic rings. The Morgan fingerprint density at radius 2 is 1.31 bits per heavy atom. The van der Waals surface area contributed by atoms with Crippen molar-refractivity contribution in [2.45, 2.75) is 12.4 Å². The second kappa shape index (κ2) is 7.02. The smallest absolute Gasteiger partial charge is 0.280 e. The molecule has 0 unspecified atom stereocenters. The number of hydrogen-bond acceptors (Lipinski definition) is 2. The van der Waals surface area contributed by atoms with Crippen LogP contribution in [0.25, 0.3) is 6.08 Å². The number of hydrogen-bond donors (Lipinski definition) is 1. The zero-order valence-corrected chi connectivity index (χ0v) is 13.6. The van der Waals surface area contributed by atoms with E-state index in [1.807, 2.05) is 0 Å². The Kier molecular flexibility index (Phi) is 5.36. The zero-order chi connectivity index (χ0) is 19.6. The molecule has 26 heavy (non-hydrogen) atoms. The van der Waals surface area contributed by atoms with E-state index in [0.717, 1.165) is 6.08 Å². The molecule has 0 fully saturated rings. The molecule has 0 saturated carbocycles. The van der Waals surface area contributed by atoms with Crippen LogP contribution < -0.4 is 4.72 Å². The summed E-state index contributed by atoms with van der Waals surface area (Å²) < 4.78 is 102. The summed E-state index contributed by atoms with van der Waals surface area (Å²) in [4.78, 5) is 0. The summed E-state index contributed by atoms with van der Waals surface area (Å²) in [6.45, 7) is 0. The van der Waals surface area contributed by atoms with E-state index >= 15 is 0 Å². The Labute approximate surface area is 145 Å². The van der Waals surface area contributed by atoms with Gasteiger partial charge in [-0.2, -0.15) is 26.3 Å². The van der Waals surface area contributed by atoms with E-state index in [1.165, 1.54) is 0 Å². The number of halogens is 6. The first-order chi connectivity index (χ1) is 11.9. The lowest BCUT2D eigenvalue weighted by atomic mass is 10.1. The van der Waals surface area contributed by atoms with Crippen LogP contribution in [-0.4, -0.2) is 8.42 Å². The molecule has 0 amide bonds. The number of benzene rings is 2. The Morgan fingerprint density at radius 3 is 1.77 bits per heavy atom. The molecular formula is C16H11F6NO2S. The highest BCUT2D eigenvalue weighted by Crippen LogP contribution is 2.37. The first-order valence-corrected chi connectivity index (χ1v) is 8.47. The fourth-order valence-electron chi connectivity index (χ4n) is 1.94. The Bertz CT molecular complexity index is 870. The van der Waals surface area contributed by atoms with E-state index in [1.54, 1.807) is 35.1 Å². The van der Waals surface area contributed by atoms with E-state index in [-0.39, 0.29) is 6.07 Å². The predicted molar refractivity (Wildman–Crippen MR) is 84.5 cm³/mol. The quantitative estimate of drug-likeness (QED) is 0.729. The summed E-state index contributed by atoms with van der Waals surface area (Å²) in [5.74, 6) is 0. The molecule has 0 radical (unpaired) electrons. The van der Waals surface area contributed by atoms with Gasteiger partial charge in [-0.3, -0.25) is 4.72 Å². The van der Waals surface area contributed by atoms with Gasteiger partial charge in [0.1, 0.15) is 0 Å². The van der Waals surface area contributed by atoms with Crippen molar-refractivity contribution in [2.24, 2.45) is 0 Å². The molecule has 0 aliphatic carbocycles. The van der Waals surface area contributed by atoms with Crippen molar-refractivity contribution >= 4 is 21.8 Å². The molecule has 0 aliphatic heterocycles. The van der Waals surface area contributed by atoms with E-state index < -0.39 is 39.2 Å². The normalized spacial score (nSPS) is 13.2. The van der Waals surface area contributed by atoms with Crippen molar-refractivity contribution in [3.63, 3.8) is 0 Å². The van der Waals surface area contributed by atoms with Crippen LogP contribution in [0.4, 0.5) is 32.0 Å². The maximum absolute atomic E-state index is 12.8. The summed E-state index contributed by atoms with van der Waals surface area (Å²) in [5.41, 5.74) is -3.59. The van der Waals surface area contributed by atoms with Crippen molar-refractivity contribution in [3.05, 3.63) is 70.6 Å². The maximum atomic E-state index is 12.8. The fourth-order valence-corrected chi connectivity index (χ4v) is 2.80. The molecule has 10 heteroatoms. The molecule has 2 rings (SSSR count). The van der Waals surface area contributed by atoms with Gasteiger partial charge in [0.05, 0.1) is 16.5 Å². The van der Waals surface area contributed by atoms with Crippen molar-refractivity contribution in [1.29, 1.82) is 0 Å². The lowest BCUT2D eigenvalue weighted by Gasteiger charge is -2.14. The van der Waals surface area contributed by atoms with Gasteiger partial charge in [-0.1, -0.05) is 30.3 Å². The highest BCUT2D eigenvalue weighted by molar-refractivity contribution is 7.95. The summed E-state index contributed by atoms with van der Waals surface area (Å²) in [7, 11) is -4.32. The number of nitrogens with one attached hydrogen (secondary N) is 1. The molecule has 0 spiro atoms. The molecule has 0 heterocycles. The van der Waals surface area contributed by atoms with Gasteiger partial charge in [-0.05, 0) is 29.8 Å². The molecule has 0 aromatic heterocycles. The predicted octanol–water partition coefficient (Wildman–Crippen LogP) is 5.14. The minimum absolute atomic E-state index is 0.0857. The van der Waals surface area contributed by atoms with Crippen LogP contribution >= 0.6 is 0 Å². The number of sulfonamides is 1. The van der Waals surface area contributed by atoms with Gasteiger partial charge in [-0.25, -0.2) is 8.42 Å². The fraction of sp³-hybridized carbons (Fsp3) is 0.125. The van der Waals surface area contributed by atoms with Crippen molar-refractivity contribution < 1.29 is 34.8 Å². The third-order valence-electron chi connectivity index (χ3n) is 3.09. The Hall–Kier alpha value is -2.49. The molecule has 2 aromatic carbocycles. The minimum Gasteiger partial charge on any atom is -0.280 e. The largest absolute Gasteiger partial charge is 0.416 e. The standard InChI is InChI=1S/C16H11F6NO2S/c17-15(18,19)12-8-13(16(20,21)22)10-14(9-12)23-26(24,25)7-6-11-4-2-1-3-5-11/h1-10,23H/b7-6+. The number of alkyl halides is 6. The summed E-state index contributed by atoms with van der Waals surface area (Å²) >= 11 is 0. The summed E-state index contributed by atoms with van der Waals surface area (Å²) in [6, 6.07) is 8.58. The van der Waals surface area contributed by atoms with Gasteiger partial charge in [0.15, 0.2) is 0 Å². The van der Waals surface area contributed by atoms with Crippen LogP contribution in [-0.2, 0) is 22.4 Å². The number of anilines is 1. The maximum Gasteiger partial charge on any atom is 0.416 e. The van der Waals surface area contributed by atoms with Gasteiger partial charge < -0.3 is 0 Å². The average molecular weight is 395 g/mol. The SMILES string of the molecule is O=S(=O)(/C=C/c1ccccc1)Nc1cc(C(F)(F)F)cc(C(F)(F)F)c1. The van der Waals surface area contributed by atoms with Crippen molar-refractivity contribution in [3.8, 4) is 0 Å². The lowest BCUT2D eigenvalue weighted by molar-refractivity contribution is -0.143. The van der Waals surface area contributed by atoms with Crippen LogP contribution in [0, 0.1) is 0 Å². The molecular weight excluding hydrogens is 384 g/mol. The molecule has 3 nitrogen and oxygen atoms in total. The summed E-state index contributed by atoms with van der Waals surface area (Å²) in [5, 5.41) is 0.649. The highest BCUT2D eigenvalue weighted by Gasteiger charge is 2.37. The second-order valence-corrected chi connectivity index (χ2v) is 6.72. The minimum atomic E-state index is -5.07. The molecule has 0 atom stereocenters. The first kappa shape index (κ1) is 19.8. The van der Waals surface area contributed by atoms with E-state index in [9.17, 15) is 34.8 Å². The van der Waals surface area contributed by atoms with E-state index in [2.05, 4.69) is 0 Å². The second-order valence-electron chi connectivity index (χ2n) is 5.16. The average Bonchev–Trinajstić information content (AvgIpc) is 2.52. The highest BCUT2D eigenvalue weighted by atomic mass is 32.2. The topological polar surface area (TPSA) is 46.2 Å². The van der Waals surface area contributed by atoms with Gasteiger partial charge in [0.25, 0.3) is 10.0 Å². The van der Waals surface area contributed by atoms with E-state index in [4.69, 9.17) is 0 Å². The van der Waals surface area contributed by atoms with Gasteiger partial charge in [0.2, 0.25) is 0 Å². The van der Waals surface area contributed by atoms with Gasteiger partial charge in [-0.15, -0.1) is 0 Å². The number of rotatable bonds is 4. The van der Waals surface area contributed by atoms with E-state index in [0.29, 0.717) is 23.1 Å². The molecule has 0 saturated heterocycles. The third-order valence-corrected chi connectivity index (χ3v) is 4.10. The van der Waals surface area contributed by atoms with Gasteiger partial charge in [0, 0.05) is 5.69 Å². The Balaban J connectivity index is 2.37. The van der Waals surface area contributed by atoms with Crippen molar-refractivity contribution in [2.75, 3.05) is 4.72 Å². The first-order valence-electron chi connectivity index (χ1n) is 6.92. The lowest BCUT2D eigenvalue weighted by Crippen LogP contribution is -2.14.